The molecule has 0 aromatic heterocycles. The van der Waals surface area contributed by atoms with Gasteiger partial charge in [-0.2, -0.15) is 0 Å². The van der Waals surface area contributed by atoms with Crippen molar-refractivity contribution in [3.8, 4) is 0 Å². The van der Waals surface area contributed by atoms with Gasteiger partial charge in [0.2, 0.25) is 5.91 Å². The molecule has 3 N–H and O–H groups in total. The second-order valence-corrected chi connectivity index (χ2v) is 7.71. The van der Waals surface area contributed by atoms with Gasteiger partial charge in [-0.15, -0.1) is 0 Å². The van der Waals surface area contributed by atoms with E-state index in [0.29, 0.717) is 18.2 Å². The van der Waals surface area contributed by atoms with Gasteiger partial charge < -0.3 is 20.7 Å². The normalized spacial score (nSPS) is 13.6. The van der Waals surface area contributed by atoms with Gasteiger partial charge in [0.15, 0.2) is 5.88 Å². The van der Waals surface area contributed by atoms with Gasteiger partial charge in [0.1, 0.15) is 11.6 Å². The quantitative estimate of drug-likeness (QED) is 0.417. The zero-order chi connectivity index (χ0) is 19.8. The predicted molar refractivity (Wildman–Crippen MR) is 102 cm³/mol. The molecule has 6 heteroatoms. The lowest BCUT2D eigenvalue weighted by Gasteiger charge is -2.26. The fourth-order valence-corrected chi connectivity index (χ4v) is 2.32. The maximum Gasteiger partial charge on any atom is 0.267 e. The van der Waals surface area contributed by atoms with Crippen LogP contribution in [0.2, 0.25) is 0 Å². The average molecular weight is 354 g/mol. The van der Waals surface area contributed by atoms with E-state index in [2.05, 4.69) is 43.0 Å². The van der Waals surface area contributed by atoms with Crippen molar-refractivity contribution in [3.05, 3.63) is 24.7 Å². The Labute approximate surface area is 152 Å². The highest BCUT2D eigenvalue weighted by atomic mass is 16.5. The first-order valence-electron chi connectivity index (χ1n) is 8.80. The number of hydrogen-bond donors (Lipinski definition) is 3. The summed E-state index contributed by atoms with van der Waals surface area (Å²) in [7, 11) is 0. The Morgan fingerprint density at radius 1 is 1.08 bits per heavy atom. The summed E-state index contributed by atoms with van der Waals surface area (Å²) in [4.78, 5) is 24.4. The topological polar surface area (TPSA) is 79.5 Å². The minimum Gasteiger partial charge on any atom is -0.474 e. The van der Waals surface area contributed by atoms with Crippen LogP contribution in [0.15, 0.2) is 24.7 Å². The molecule has 2 atom stereocenters. The van der Waals surface area contributed by atoms with Crippen molar-refractivity contribution in [2.75, 3.05) is 0 Å². The summed E-state index contributed by atoms with van der Waals surface area (Å²) in [5.74, 6) is 0.0646. The van der Waals surface area contributed by atoms with Gasteiger partial charge in [-0.3, -0.25) is 9.59 Å². The second-order valence-electron chi connectivity index (χ2n) is 7.71. The number of carbonyl (C=O) groups excluding carboxylic acids is 2. The van der Waals surface area contributed by atoms with Gasteiger partial charge >= 0.3 is 0 Å². The third-order valence-electron chi connectivity index (χ3n) is 3.24. The second kappa shape index (κ2) is 10.1. The molecule has 0 rings (SSSR count). The van der Waals surface area contributed by atoms with Gasteiger partial charge in [-0.25, -0.2) is 0 Å². The van der Waals surface area contributed by atoms with E-state index in [1.54, 1.807) is 0 Å². The first-order chi connectivity index (χ1) is 11.4. The molecular weight excluding hydrogens is 318 g/mol. The van der Waals surface area contributed by atoms with Crippen LogP contribution in [0.5, 0.6) is 0 Å². The average Bonchev–Trinajstić information content (AvgIpc) is 2.41. The Morgan fingerprint density at radius 3 is 2.08 bits per heavy atom. The molecule has 144 valence electrons. The van der Waals surface area contributed by atoms with Crippen LogP contribution < -0.4 is 16.0 Å². The van der Waals surface area contributed by atoms with Gasteiger partial charge in [-0.05, 0) is 53.0 Å². The number of nitrogens with one attached hydrogen (secondary N) is 3. The fraction of sp³-hybridized carbons (Fsp3) is 0.684. The lowest BCUT2D eigenvalue weighted by molar-refractivity contribution is -0.125. The zero-order valence-corrected chi connectivity index (χ0v) is 16.8. The molecule has 0 saturated heterocycles. The van der Waals surface area contributed by atoms with E-state index in [1.165, 1.54) is 0 Å². The van der Waals surface area contributed by atoms with Crippen LogP contribution in [0.25, 0.3) is 0 Å². The van der Waals surface area contributed by atoms with Crippen molar-refractivity contribution < 1.29 is 14.3 Å². The molecule has 0 aliphatic carbocycles. The van der Waals surface area contributed by atoms with Gasteiger partial charge in [0.05, 0.1) is 5.70 Å². The summed E-state index contributed by atoms with van der Waals surface area (Å²) in [6, 6.07) is -0.547. The minimum absolute atomic E-state index is 0.0150. The number of amides is 2. The smallest absolute Gasteiger partial charge is 0.267 e. The van der Waals surface area contributed by atoms with Crippen molar-refractivity contribution >= 4 is 11.8 Å². The Balaban J connectivity index is 4.58. The van der Waals surface area contributed by atoms with Crippen LogP contribution in [-0.2, 0) is 14.3 Å². The van der Waals surface area contributed by atoms with Crippen molar-refractivity contribution in [1.82, 2.24) is 16.0 Å². The van der Waals surface area contributed by atoms with E-state index in [4.69, 9.17) is 4.74 Å². The molecule has 0 aromatic rings. The molecule has 0 aliphatic rings. The molecule has 25 heavy (non-hydrogen) atoms. The van der Waals surface area contributed by atoms with Crippen LogP contribution in [0.3, 0.4) is 0 Å². The molecule has 0 fully saturated rings. The van der Waals surface area contributed by atoms with E-state index in [0.717, 1.165) is 6.42 Å². The van der Waals surface area contributed by atoms with Gasteiger partial charge in [-0.1, -0.05) is 27.4 Å². The van der Waals surface area contributed by atoms with E-state index in [9.17, 15) is 9.59 Å². The van der Waals surface area contributed by atoms with Crippen LogP contribution in [0.4, 0.5) is 0 Å². The first kappa shape index (κ1) is 23.0. The largest absolute Gasteiger partial charge is 0.474 e. The van der Waals surface area contributed by atoms with E-state index < -0.39 is 11.6 Å². The van der Waals surface area contributed by atoms with Crippen LogP contribution >= 0.6 is 0 Å². The van der Waals surface area contributed by atoms with Crippen LogP contribution in [0, 0.1) is 5.92 Å². The highest BCUT2D eigenvalue weighted by molar-refractivity contribution is 5.98. The highest BCUT2D eigenvalue weighted by Gasteiger charge is 2.22. The molecule has 0 spiro atoms. The van der Waals surface area contributed by atoms with Crippen molar-refractivity contribution in [1.29, 1.82) is 0 Å². The lowest BCUT2D eigenvalue weighted by Crippen LogP contribution is -2.47. The van der Waals surface area contributed by atoms with Crippen LogP contribution in [0.1, 0.15) is 61.3 Å². The standard InChI is InChI=1S/C19H35N3O3/c1-10-16(22-15(6)25-19(7,8)9)18(24)21-14(5)17(23)20-13(4)11-12(2)3/h12-13,16,22H,5-6,10-11H2,1-4,7-9H3,(H,20,23)(H,21,24)/t13-,16+/m1/s1. The summed E-state index contributed by atoms with van der Waals surface area (Å²) >= 11 is 0. The fourth-order valence-electron chi connectivity index (χ4n) is 2.32. The predicted octanol–water partition coefficient (Wildman–Crippen LogP) is 2.82. The van der Waals surface area contributed by atoms with Crippen LogP contribution in [-0.4, -0.2) is 29.5 Å². The lowest BCUT2D eigenvalue weighted by atomic mass is 10.1. The number of ether oxygens (including phenoxy) is 1. The Morgan fingerprint density at radius 2 is 1.64 bits per heavy atom. The summed E-state index contributed by atoms with van der Waals surface area (Å²) in [5, 5.41) is 8.31. The summed E-state index contributed by atoms with van der Waals surface area (Å²) in [6.45, 7) is 21.1. The van der Waals surface area contributed by atoms with Gasteiger partial charge in [0.25, 0.3) is 5.91 Å². The molecular formula is C19H35N3O3. The Hall–Kier alpha value is -1.98. The molecule has 0 radical (unpaired) electrons. The maximum atomic E-state index is 12.3. The van der Waals surface area contributed by atoms with E-state index >= 15 is 0 Å². The highest BCUT2D eigenvalue weighted by Crippen LogP contribution is 2.11. The molecule has 6 nitrogen and oxygen atoms in total. The first-order valence-corrected chi connectivity index (χ1v) is 8.80. The molecule has 0 aliphatic heterocycles. The molecule has 0 bridgehead atoms. The molecule has 2 amide bonds. The molecule has 0 heterocycles. The third-order valence-corrected chi connectivity index (χ3v) is 3.24. The Bertz CT molecular complexity index is 493. The van der Waals surface area contributed by atoms with E-state index in [1.807, 2.05) is 34.6 Å². The third kappa shape index (κ3) is 10.5. The SMILES string of the molecule is C=C(N[C@@H](CC)C(=O)NC(=C)C(=O)N[C@H](C)CC(C)C)OC(C)(C)C. The summed E-state index contributed by atoms with van der Waals surface area (Å²) < 4.78 is 5.57. The van der Waals surface area contributed by atoms with Crippen molar-refractivity contribution in [2.24, 2.45) is 5.92 Å². The monoisotopic (exact) mass is 353 g/mol. The minimum atomic E-state index is -0.563. The van der Waals surface area contributed by atoms with Crippen molar-refractivity contribution in [2.45, 2.75) is 79.0 Å². The Kier molecular flexibility index (Phi) is 9.31. The number of hydrogen-bond acceptors (Lipinski definition) is 4. The maximum absolute atomic E-state index is 12.3. The summed E-state index contributed by atoms with van der Waals surface area (Å²) in [6.07, 6.45) is 1.37. The zero-order valence-electron chi connectivity index (χ0n) is 16.8. The number of rotatable bonds is 10. The number of carbonyl (C=O) groups is 2. The molecule has 0 saturated carbocycles. The van der Waals surface area contributed by atoms with E-state index in [-0.39, 0.29) is 23.6 Å². The van der Waals surface area contributed by atoms with Gasteiger partial charge in [0, 0.05) is 6.04 Å². The molecule has 0 aromatic carbocycles. The molecule has 0 unspecified atom stereocenters. The summed E-state index contributed by atoms with van der Waals surface area (Å²) in [5.41, 5.74) is -0.377. The van der Waals surface area contributed by atoms with Crippen molar-refractivity contribution in [3.63, 3.8) is 0 Å².